The molecular weight excluding hydrogens is 234 g/mol. The molecule has 0 aliphatic carbocycles. The van der Waals surface area contributed by atoms with Gasteiger partial charge in [-0.1, -0.05) is 44.2 Å². The predicted octanol–water partition coefficient (Wildman–Crippen LogP) is 4.10. The molecule has 1 N–H and O–H groups in total. The number of aryl methyl sites for hydroxylation is 1. The second kappa shape index (κ2) is 6.41. The number of rotatable bonds is 6. The number of nitrogens with one attached hydrogen (secondary N) is 1. The Hall–Kier alpha value is -1.77. The summed E-state index contributed by atoms with van der Waals surface area (Å²) in [5, 5.41) is 7.91. The van der Waals surface area contributed by atoms with E-state index in [2.05, 4.69) is 67.7 Å². The van der Waals surface area contributed by atoms with Crippen LogP contribution in [0.4, 0.5) is 5.69 Å². The van der Waals surface area contributed by atoms with Crippen LogP contribution >= 0.6 is 0 Å². The Kier molecular flexibility index (Phi) is 4.61. The minimum atomic E-state index is 0.343. The van der Waals surface area contributed by atoms with Crippen molar-refractivity contribution in [3.05, 3.63) is 48.3 Å². The minimum absolute atomic E-state index is 0.343. The quantitative estimate of drug-likeness (QED) is 0.844. The molecule has 0 fully saturated rings. The molecule has 1 unspecified atom stereocenters. The SMILES string of the molecule is CCn1cc(NC(CC(C)C)c2ccccc2)cn1. The highest BCUT2D eigenvalue weighted by molar-refractivity contribution is 5.41. The zero-order valence-electron chi connectivity index (χ0n) is 12.0. The molecule has 2 aromatic rings. The summed E-state index contributed by atoms with van der Waals surface area (Å²) in [6, 6.07) is 11.0. The lowest BCUT2D eigenvalue weighted by Gasteiger charge is -2.21. The predicted molar refractivity (Wildman–Crippen MR) is 80.2 cm³/mol. The molecule has 3 nitrogen and oxygen atoms in total. The molecule has 3 heteroatoms. The maximum absolute atomic E-state index is 4.31. The van der Waals surface area contributed by atoms with Crippen LogP contribution in [0.1, 0.15) is 38.8 Å². The van der Waals surface area contributed by atoms with E-state index in [1.54, 1.807) is 0 Å². The Morgan fingerprint density at radius 2 is 1.95 bits per heavy atom. The zero-order chi connectivity index (χ0) is 13.7. The number of aromatic nitrogens is 2. The van der Waals surface area contributed by atoms with E-state index >= 15 is 0 Å². The lowest BCUT2D eigenvalue weighted by Crippen LogP contribution is -2.13. The van der Waals surface area contributed by atoms with Crippen molar-refractivity contribution in [2.75, 3.05) is 5.32 Å². The van der Waals surface area contributed by atoms with Crippen LogP contribution in [-0.2, 0) is 6.54 Å². The molecule has 0 spiro atoms. The topological polar surface area (TPSA) is 29.9 Å². The fourth-order valence-electron chi connectivity index (χ4n) is 2.25. The molecule has 0 saturated carbocycles. The third-order valence-electron chi connectivity index (χ3n) is 3.21. The Bertz CT molecular complexity index is 488. The van der Waals surface area contributed by atoms with E-state index in [4.69, 9.17) is 0 Å². The van der Waals surface area contributed by atoms with E-state index in [9.17, 15) is 0 Å². The molecule has 0 aliphatic heterocycles. The first-order valence-corrected chi connectivity index (χ1v) is 7.03. The monoisotopic (exact) mass is 257 g/mol. The number of hydrogen-bond acceptors (Lipinski definition) is 2. The van der Waals surface area contributed by atoms with Gasteiger partial charge < -0.3 is 5.32 Å². The molecule has 1 aromatic heterocycles. The number of anilines is 1. The van der Waals surface area contributed by atoms with Gasteiger partial charge in [0.1, 0.15) is 0 Å². The second-order valence-corrected chi connectivity index (χ2v) is 5.32. The standard InChI is InChI=1S/C16H23N3/c1-4-19-12-15(11-17-19)18-16(10-13(2)3)14-8-6-5-7-9-14/h5-9,11-13,16,18H,4,10H2,1-3H3. The van der Waals surface area contributed by atoms with Crippen molar-refractivity contribution < 1.29 is 0 Å². The van der Waals surface area contributed by atoms with Gasteiger partial charge in [-0.3, -0.25) is 4.68 Å². The first kappa shape index (κ1) is 13.7. The van der Waals surface area contributed by atoms with Crippen LogP contribution in [0.5, 0.6) is 0 Å². The van der Waals surface area contributed by atoms with Crippen LogP contribution in [-0.4, -0.2) is 9.78 Å². The van der Waals surface area contributed by atoms with E-state index in [1.807, 2.05) is 10.9 Å². The maximum Gasteiger partial charge on any atom is 0.0731 e. The summed E-state index contributed by atoms with van der Waals surface area (Å²) >= 11 is 0. The summed E-state index contributed by atoms with van der Waals surface area (Å²) < 4.78 is 1.94. The van der Waals surface area contributed by atoms with E-state index in [-0.39, 0.29) is 0 Å². The zero-order valence-corrected chi connectivity index (χ0v) is 12.0. The lowest BCUT2D eigenvalue weighted by molar-refractivity contribution is 0.531. The third-order valence-corrected chi connectivity index (χ3v) is 3.21. The van der Waals surface area contributed by atoms with Gasteiger partial charge in [0.05, 0.1) is 17.9 Å². The van der Waals surface area contributed by atoms with E-state index < -0.39 is 0 Å². The van der Waals surface area contributed by atoms with Crippen molar-refractivity contribution in [3.63, 3.8) is 0 Å². The van der Waals surface area contributed by atoms with Crippen LogP contribution in [0.15, 0.2) is 42.7 Å². The average Bonchev–Trinajstić information content (AvgIpc) is 2.86. The minimum Gasteiger partial charge on any atom is -0.376 e. The average molecular weight is 257 g/mol. The first-order valence-electron chi connectivity index (χ1n) is 7.03. The summed E-state index contributed by atoms with van der Waals surface area (Å²) in [5.74, 6) is 0.652. The molecule has 1 atom stereocenters. The fraction of sp³-hybridized carbons (Fsp3) is 0.438. The first-order chi connectivity index (χ1) is 9.19. The van der Waals surface area contributed by atoms with Crippen LogP contribution in [0.3, 0.4) is 0 Å². The van der Waals surface area contributed by atoms with Crippen molar-refractivity contribution in [3.8, 4) is 0 Å². The highest BCUT2D eigenvalue weighted by Gasteiger charge is 2.13. The van der Waals surface area contributed by atoms with Gasteiger partial charge in [-0.25, -0.2) is 0 Å². The number of hydrogen-bond donors (Lipinski definition) is 1. The third kappa shape index (κ3) is 3.85. The van der Waals surface area contributed by atoms with Gasteiger partial charge in [-0.2, -0.15) is 5.10 Å². The van der Waals surface area contributed by atoms with Crippen molar-refractivity contribution in [2.24, 2.45) is 5.92 Å². The largest absolute Gasteiger partial charge is 0.376 e. The van der Waals surface area contributed by atoms with Crippen molar-refractivity contribution in [1.82, 2.24) is 9.78 Å². The van der Waals surface area contributed by atoms with Gasteiger partial charge in [-0.15, -0.1) is 0 Å². The summed E-state index contributed by atoms with van der Waals surface area (Å²) in [5.41, 5.74) is 2.43. The Balaban J connectivity index is 2.14. The molecule has 102 valence electrons. The van der Waals surface area contributed by atoms with Gasteiger partial charge in [0.15, 0.2) is 0 Å². The van der Waals surface area contributed by atoms with Crippen molar-refractivity contribution in [1.29, 1.82) is 0 Å². The molecule has 19 heavy (non-hydrogen) atoms. The van der Waals surface area contributed by atoms with Crippen molar-refractivity contribution >= 4 is 5.69 Å². The molecule has 2 rings (SSSR count). The molecule has 0 aliphatic rings. The summed E-state index contributed by atoms with van der Waals surface area (Å²) in [7, 11) is 0. The maximum atomic E-state index is 4.31. The van der Waals surface area contributed by atoms with Gasteiger partial charge in [0.25, 0.3) is 0 Å². The molecule has 0 amide bonds. The van der Waals surface area contributed by atoms with Gasteiger partial charge in [0.2, 0.25) is 0 Å². The summed E-state index contributed by atoms with van der Waals surface area (Å²) in [6.45, 7) is 7.52. The van der Waals surface area contributed by atoms with Gasteiger partial charge >= 0.3 is 0 Å². The van der Waals surface area contributed by atoms with Crippen LogP contribution < -0.4 is 5.32 Å². The normalized spacial score (nSPS) is 12.6. The highest BCUT2D eigenvalue weighted by Crippen LogP contribution is 2.25. The highest BCUT2D eigenvalue weighted by atomic mass is 15.3. The summed E-state index contributed by atoms with van der Waals surface area (Å²) in [6.07, 6.45) is 5.08. The number of benzene rings is 1. The van der Waals surface area contributed by atoms with Crippen molar-refractivity contribution in [2.45, 2.75) is 39.8 Å². The molecular formula is C16H23N3. The Morgan fingerprint density at radius 1 is 1.21 bits per heavy atom. The Morgan fingerprint density at radius 3 is 2.53 bits per heavy atom. The fourth-order valence-corrected chi connectivity index (χ4v) is 2.25. The lowest BCUT2D eigenvalue weighted by atomic mass is 9.97. The molecule has 0 radical (unpaired) electrons. The molecule has 0 saturated heterocycles. The molecule has 1 heterocycles. The summed E-state index contributed by atoms with van der Waals surface area (Å²) in [4.78, 5) is 0. The molecule has 0 bridgehead atoms. The smallest absolute Gasteiger partial charge is 0.0731 e. The van der Waals surface area contributed by atoms with E-state index in [0.717, 1.165) is 18.7 Å². The Labute approximate surface area is 115 Å². The molecule has 1 aromatic carbocycles. The van der Waals surface area contributed by atoms with E-state index in [0.29, 0.717) is 12.0 Å². The van der Waals surface area contributed by atoms with Gasteiger partial charge in [-0.05, 0) is 24.8 Å². The van der Waals surface area contributed by atoms with Crippen LogP contribution in [0.25, 0.3) is 0 Å². The van der Waals surface area contributed by atoms with E-state index in [1.165, 1.54) is 5.56 Å². The number of nitrogens with zero attached hydrogens (tertiary/aromatic N) is 2. The van der Waals surface area contributed by atoms with Gasteiger partial charge in [0, 0.05) is 12.7 Å². The van der Waals surface area contributed by atoms with Crippen LogP contribution in [0.2, 0.25) is 0 Å². The van der Waals surface area contributed by atoms with Crippen LogP contribution in [0, 0.1) is 5.92 Å². The second-order valence-electron chi connectivity index (χ2n) is 5.32.